The van der Waals surface area contributed by atoms with Crippen molar-refractivity contribution in [2.75, 3.05) is 47.1 Å². The van der Waals surface area contributed by atoms with E-state index in [2.05, 4.69) is 0 Å². The molecule has 0 aromatic rings. The van der Waals surface area contributed by atoms with E-state index in [1.54, 1.807) is 19.1 Å². The van der Waals surface area contributed by atoms with Crippen LogP contribution < -0.4 is 0 Å². The molecule has 0 atom stereocenters. The van der Waals surface area contributed by atoms with Gasteiger partial charge in [-0.2, -0.15) is 0 Å². The van der Waals surface area contributed by atoms with Crippen LogP contribution in [0.2, 0.25) is 0 Å². The number of rotatable bonds is 6. The van der Waals surface area contributed by atoms with Crippen molar-refractivity contribution in [3.63, 3.8) is 0 Å². The molecule has 0 bridgehead atoms. The highest BCUT2D eigenvalue weighted by atomic mass is 16.5. The zero-order valence-electron chi connectivity index (χ0n) is 9.77. The van der Waals surface area contributed by atoms with Crippen LogP contribution in [-0.4, -0.2) is 68.8 Å². The third kappa shape index (κ3) is 3.18. The third-order valence-electron chi connectivity index (χ3n) is 2.48. The van der Waals surface area contributed by atoms with Crippen molar-refractivity contribution >= 4 is 11.9 Å². The molecule has 1 rings (SSSR count). The summed E-state index contributed by atoms with van der Waals surface area (Å²) < 4.78 is 9.78. The topological polar surface area (TPSA) is 59.1 Å². The smallest absolute Gasteiger partial charge is 0.326 e. The van der Waals surface area contributed by atoms with E-state index in [0.29, 0.717) is 39.3 Å². The van der Waals surface area contributed by atoms with Crippen LogP contribution in [0.4, 0.5) is 4.79 Å². The Bertz CT molecular complexity index is 257. The van der Waals surface area contributed by atoms with Crippen molar-refractivity contribution in [1.82, 2.24) is 9.80 Å². The van der Waals surface area contributed by atoms with Gasteiger partial charge in [0.05, 0.1) is 19.8 Å². The van der Waals surface area contributed by atoms with E-state index in [9.17, 15) is 9.59 Å². The molecular formula is C10H18N2O4. The Morgan fingerprint density at radius 1 is 1.12 bits per heavy atom. The monoisotopic (exact) mass is 230 g/mol. The summed E-state index contributed by atoms with van der Waals surface area (Å²) in [6.45, 7) is 2.17. The van der Waals surface area contributed by atoms with Gasteiger partial charge in [0, 0.05) is 33.7 Å². The number of hydrogen-bond donors (Lipinski definition) is 0. The van der Waals surface area contributed by atoms with Gasteiger partial charge in [-0.05, 0) is 0 Å². The quantitative estimate of drug-likeness (QED) is 0.641. The van der Waals surface area contributed by atoms with Crippen LogP contribution in [0.25, 0.3) is 0 Å². The number of nitrogens with zero attached hydrogens (tertiary/aromatic N) is 2. The summed E-state index contributed by atoms with van der Waals surface area (Å²) in [6, 6.07) is -0.245. The highest BCUT2D eigenvalue weighted by molar-refractivity contribution is 5.96. The minimum Gasteiger partial charge on any atom is -0.383 e. The van der Waals surface area contributed by atoms with Crippen molar-refractivity contribution in [2.45, 2.75) is 6.42 Å². The minimum absolute atomic E-state index is 0.129. The molecule has 1 saturated heterocycles. The highest BCUT2D eigenvalue weighted by Crippen LogP contribution is 2.10. The second-order valence-corrected chi connectivity index (χ2v) is 3.55. The fourth-order valence-electron chi connectivity index (χ4n) is 1.55. The van der Waals surface area contributed by atoms with Gasteiger partial charge in [0.1, 0.15) is 0 Å². The summed E-state index contributed by atoms with van der Waals surface area (Å²) in [7, 11) is 3.13. The molecule has 92 valence electrons. The van der Waals surface area contributed by atoms with Gasteiger partial charge in [-0.1, -0.05) is 0 Å². The van der Waals surface area contributed by atoms with Crippen LogP contribution in [0.3, 0.4) is 0 Å². The summed E-state index contributed by atoms with van der Waals surface area (Å²) in [5.74, 6) is -0.129. The lowest BCUT2D eigenvalue weighted by Crippen LogP contribution is -2.53. The van der Waals surface area contributed by atoms with Gasteiger partial charge in [0.25, 0.3) is 0 Å². The summed E-state index contributed by atoms with van der Waals surface area (Å²) >= 11 is 0. The van der Waals surface area contributed by atoms with Gasteiger partial charge in [-0.3, -0.25) is 9.69 Å². The van der Waals surface area contributed by atoms with Gasteiger partial charge in [-0.25, -0.2) is 4.79 Å². The molecule has 0 aliphatic carbocycles. The normalized spacial score (nSPS) is 17.1. The van der Waals surface area contributed by atoms with E-state index in [4.69, 9.17) is 9.47 Å². The van der Waals surface area contributed by atoms with Crippen LogP contribution in [0.1, 0.15) is 6.42 Å². The zero-order chi connectivity index (χ0) is 12.0. The van der Waals surface area contributed by atoms with Gasteiger partial charge >= 0.3 is 6.03 Å². The number of hydrogen-bond acceptors (Lipinski definition) is 4. The average molecular weight is 230 g/mol. The summed E-state index contributed by atoms with van der Waals surface area (Å²) in [6.07, 6.45) is 0.374. The Morgan fingerprint density at radius 3 is 2.38 bits per heavy atom. The molecule has 6 nitrogen and oxygen atoms in total. The number of amides is 3. The molecule has 0 aromatic heterocycles. The number of urea groups is 1. The lowest BCUT2D eigenvalue weighted by atomic mass is 10.2. The SMILES string of the molecule is COCCN1CCC(=O)N(CCOC)C1=O. The molecule has 1 heterocycles. The third-order valence-corrected chi connectivity index (χ3v) is 2.48. The largest absolute Gasteiger partial charge is 0.383 e. The molecule has 1 fully saturated rings. The van der Waals surface area contributed by atoms with Crippen LogP contribution in [0.5, 0.6) is 0 Å². The standard InChI is InChI=1S/C10H18N2O4/c1-15-7-5-11-4-3-9(13)12(10(11)14)6-8-16-2/h3-8H2,1-2H3. The number of carbonyl (C=O) groups excluding carboxylic acids is 2. The number of carbonyl (C=O) groups is 2. The van der Waals surface area contributed by atoms with Crippen molar-refractivity contribution < 1.29 is 19.1 Å². The molecule has 0 N–H and O–H groups in total. The Hall–Kier alpha value is -1.14. The van der Waals surface area contributed by atoms with Crippen LogP contribution >= 0.6 is 0 Å². The van der Waals surface area contributed by atoms with Crippen molar-refractivity contribution in [2.24, 2.45) is 0 Å². The molecule has 16 heavy (non-hydrogen) atoms. The number of methoxy groups -OCH3 is 2. The van der Waals surface area contributed by atoms with Crippen LogP contribution in [0, 0.1) is 0 Å². The van der Waals surface area contributed by atoms with Crippen molar-refractivity contribution in [3.05, 3.63) is 0 Å². The zero-order valence-corrected chi connectivity index (χ0v) is 9.77. The van der Waals surface area contributed by atoms with Gasteiger partial charge in [0.15, 0.2) is 0 Å². The summed E-state index contributed by atoms with van der Waals surface area (Å²) in [4.78, 5) is 26.3. The second kappa shape index (κ2) is 6.44. The number of imide groups is 1. The van der Waals surface area contributed by atoms with E-state index < -0.39 is 0 Å². The van der Waals surface area contributed by atoms with Crippen LogP contribution in [0.15, 0.2) is 0 Å². The highest BCUT2D eigenvalue weighted by Gasteiger charge is 2.31. The molecule has 0 saturated carbocycles. The maximum Gasteiger partial charge on any atom is 0.326 e. The van der Waals surface area contributed by atoms with Gasteiger partial charge < -0.3 is 14.4 Å². The lowest BCUT2D eigenvalue weighted by molar-refractivity contribution is -0.131. The first-order valence-electron chi connectivity index (χ1n) is 5.28. The van der Waals surface area contributed by atoms with Crippen molar-refractivity contribution in [1.29, 1.82) is 0 Å². The fraction of sp³-hybridized carbons (Fsp3) is 0.800. The Kier molecular flexibility index (Phi) is 5.21. The molecule has 0 aromatic carbocycles. The first-order chi connectivity index (χ1) is 7.70. The van der Waals surface area contributed by atoms with E-state index in [-0.39, 0.29) is 11.9 Å². The molecule has 6 heteroatoms. The van der Waals surface area contributed by atoms with E-state index in [1.807, 2.05) is 0 Å². The van der Waals surface area contributed by atoms with E-state index in [0.717, 1.165) is 0 Å². The number of ether oxygens (including phenoxy) is 2. The molecule has 1 aliphatic rings. The first-order valence-corrected chi connectivity index (χ1v) is 5.28. The second-order valence-electron chi connectivity index (χ2n) is 3.55. The molecule has 0 unspecified atom stereocenters. The molecule has 3 amide bonds. The summed E-state index contributed by atoms with van der Waals surface area (Å²) in [5, 5.41) is 0. The molecule has 1 aliphatic heterocycles. The molecule has 0 spiro atoms. The molecular weight excluding hydrogens is 212 g/mol. The van der Waals surface area contributed by atoms with E-state index >= 15 is 0 Å². The predicted molar refractivity (Wildman–Crippen MR) is 57.1 cm³/mol. The van der Waals surface area contributed by atoms with Gasteiger partial charge in [0.2, 0.25) is 5.91 Å². The predicted octanol–water partition coefficient (Wildman–Crippen LogP) is -0.0665. The fourth-order valence-corrected chi connectivity index (χ4v) is 1.55. The van der Waals surface area contributed by atoms with Gasteiger partial charge in [-0.15, -0.1) is 0 Å². The van der Waals surface area contributed by atoms with E-state index in [1.165, 1.54) is 4.90 Å². The summed E-state index contributed by atoms with van der Waals surface area (Å²) in [5.41, 5.74) is 0. The maximum absolute atomic E-state index is 11.9. The Labute approximate surface area is 95.1 Å². The Morgan fingerprint density at radius 2 is 1.75 bits per heavy atom. The Balaban J connectivity index is 2.52. The average Bonchev–Trinajstić information content (AvgIpc) is 2.28. The van der Waals surface area contributed by atoms with Crippen molar-refractivity contribution in [3.8, 4) is 0 Å². The van der Waals surface area contributed by atoms with Crippen LogP contribution in [-0.2, 0) is 14.3 Å². The molecule has 0 radical (unpaired) electrons. The lowest BCUT2D eigenvalue weighted by Gasteiger charge is -2.33. The first kappa shape index (κ1) is 12.9. The maximum atomic E-state index is 11.9. The minimum atomic E-state index is -0.245.